The van der Waals surface area contributed by atoms with Gasteiger partial charge in [-0.05, 0) is 30.7 Å². The Morgan fingerprint density at radius 3 is 1.66 bits per heavy atom. The maximum atomic E-state index is 14.1. The molecule has 0 saturated carbocycles. The lowest BCUT2D eigenvalue weighted by molar-refractivity contribution is -0.543. The molecule has 0 aliphatic rings. The lowest BCUT2D eigenvalue weighted by Crippen LogP contribution is -2.64. The van der Waals surface area contributed by atoms with Gasteiger partial charge in [0.2, 0.25) is 0 Å². The minimum Gasteiger partial charge on any atom is -0.490 e. The maximum absolute atomic E-state index is 14.1. The summed E-state index contributed by atoms with van der Waals surface area (Å²) < 4.78 is 242. The fourth-order valence-electron chi connectivity index (χ4n) is 3.76. The van der Waals surface area contributed by atoms with Gasteiger partial charge in [0, 0.05) is 5.56 Å². The Balaban J connectivity index is 1.85. The standard InChI is InChI=1S/C29H29F17N2O5/c1-2-3-4-5-6-18(30)14-51-21-11-47-22(48-12-21)17-7-9-20(10-8-17)50-15-19(31)13-49-16-23(32,33)52-28(43,44)29(45,46)53-27(41,42)25(36,37)24(34,35)26(38,39)40/h7-12,18-19H,2-6,13-16H2,1H3/t18-,19-/m1/s1. The van der Waals surface area contributed by atoms with Crippen LogP contribution in [0.5, 0.6) is 11.5 Å². The number of aromatic nitrogens is 2. The number of nitrogens with zero attached hydrogens (tertiary/aromatic N) is 2. The van der Waals surface area contributed by atoms with Crippen molar-refractivity contribution in [1.29, 1.82) is 0 Å². The molecule has 1 aromatic carbocycles. The van der Waals surface area contributed by atoms with Crippen molar-refractivity contribution in [2.75, 3.05) is 26.4 Å². The molecule has 0 spiro atoms. The zero-order valence-corrected chi connectivity index (χ0v) is 26.8. The SMILES string of the molecule is CCCCCC[C@@H](F)COc1cnc(-c2ccc(OC[C@H](F)COCC(F)(F)OC(F)(F)C(F)(F)OC(F)(F)C(F)(F)C(F)(F)C(F)(F)F)cc2)nc1. The molecule has 1 aromatic heterocycles. The summed E-state index contributed by atoms with van der Waals surface area (Å²) in [5.41, 5.74) is 0.412. The molecule has 0 aliphatic carbocycles. The Morgan fingerprint density at radius 2 is 1.11 bits per heavy atom. The van der Waals surface area contributed by atoms with Gasteiger partial charge in [0.1, 0.15) is 31.7 Å². The van der Waals surface area contributed by atoms with Crippen LogP contribution in [0, 0.1) is 0 Å². The molecule has 2 atom stereocenters. The first-order chi connectivity index (χ1) is 24.2. The van der Waals surface area contributed by atoms with Crippen molar-refractivity contribution in [2.24, 2.45) is 0 Å². The minimum atomic E-state index is -7.98. The summed E-state index contributed by atoms with van der Waals surface area (Å²) in [6.07, 6.45) is -32.5. The summed E-state index contributed by atoms with van der Waals surface area (Å²) in [4.78, 5) is 8.15. The van der Waals surface area contributed by atoms with E-state index in [2.05, 4.69) is 19.4 Å². The molecule has 0 aliphatic heterocycles. The van der Waals surface area contributed by atoms with E-state index in [-0.39, 0.29) is 23.9 Å². The Bertz CT molecular complexity index is 1400. The molecule has 2 rings (SSSR count). The molecule has 0 fully saturated rings. The highest BCUT2D eigenvalue weighted by Crippen LogP contribution is 2.56. The van der Waals surface area contributed by atoms with Crippen LogP contribution < -0.4 is 9.47 Å². The zero-order valence-electron chi connectivity index (χ0n) is 26.8. The number of hydrogen-bond donors (Lipinski definition) is 0. The van der Waals surface area contributed by atoms with Crippen molar-refractivity contribution in [3.8, 4) is 22.9 Å². The highest BCUT2D eigenvalue weighted by atomic mass is 19.4. The van der Waals surface area contributed by atoms with Crippen LogP contribution in [0.25, 0.3) is 11.4 Å². The molecule has 7 nitrogen and oxygen atoms in total. The lowest BCUT2D eigenvalue weighted by Gasteiger charge is -2.36. The fraction of sp³-hybridized carbons (Fsp3) is 0.655. The third kappa shape index (κ3) is 12.6. The molecule has 0 radical (unpaired) electrons. The number of halogens is 17. The summed E-state index contributed by atoms with van der Waals surface area (Å²) in [5, 5.41) is 0. The largest absolute Gasteiger partial charge is 0.490 e. The van der Waals surface area contributed by atoms with E-state index in [1.165, 1.54) is 41.4 Å². The average Bonchev–Trinajstić information content (AvgIpc) is 3.03. The van der Waals surface area contributed by atoms with Crippen molar-refractivity contribution >= 4 is 0 Å². The second-order valence-corrected chi connectivity index (χ2v) is 11.0. The van der Waals surface area contributed by atoms with Crippen LogP contribution in [0.2, 0.25) is 0 Å². The van der Waals surface area contributed by atoms with E-state index in [9.17, 15) is 74.6 Å². The van der Waals surface area contributed by atoms with Gasteiger partial charge in [-0.25, -0.2) is 28.2 Å². The molecule has 0 unspecified atom stereocenters. The molecule has 24 heteroatoms. The van der Waals surface area contributed by atoms with E-state index >= 15 is 0 Å². The van der Waals surface area contributed by atoms with Crippen molar-refractivity contribution in [2.45, 2.75) is 93.8 Å². The van der Waals surface area contributed by atoms with Crippen molar-refractivity contribution in [3.63, 3.8) is 0 Å². The topological polar surface area (TPSA) is 71.9 Å². The first kappa shape index (κ1) is 45.7. The molecule has 0 bridgehead atoms. The zero-order chi connectivity index (χ0) is 40.5. The van der Waals surface area contributed by atoms with E-state index in [0.29, 0.717) is 12.0 Å². The molecule has 0 N–H and O–H groups in total. The summed E-state index contributed by atoms with van der Waals surface area (Å²) in [7, 11) is 0. The van der Waals surface area contributed by atoms with Gasteiger partial charge in [0.05, 0.1) is 19.0 Å². The Kier molecular flexibility index (Phi) is 15.4. The second-order valence-electron chi connectivity index (χ2n) is 11.0. The summed E-state index contributed by atoms with van der Waals surface area (Å²) in [6, 6.07) is 5.36. The predicted molar refractivity (Wildman–Crippen MR) is 146 cm³/mol. The minimum absolute atomic E-state index is 0.0322. The smallest absolute Gasteiger partial charge is 0.460 e. The maximum Gasteiger partial charge on any atom is 0.460 e. The van der Waals surface area contributed by atoms with E-state index in [4.69, 9.17) is 9.47 Å². The average molecular weight is 809 g/mol. The van der Waals surface area contributed by atoms with Gasteiger partial charge in [-0.3, -0.25) is 0 Å². The van der Waals surface area contributed by atoms with Crippen molar-refractivity contribution < 1.29 is 98.3 Å². The van der Waals surface area contributed by atoms with Gasteiger partial charge >= 0.3 is 42.5 Å². The second kappa shape index (κ2) is 17.8. The third-order valence-electron chi connectivity index (χ3n) is 6.53. The normalized spacial score (nSPS) is 15.0. The quantitative estimate of drug-likeness (QED) is 0.0818. The molecular weight excluding hydrogens is 779 g/mol. The predicted octanol–water partition coefficient (Wildman–Crippen LogP) is 9.80. The molecular formula is C29H29F17N2O5. The van der Waals surface area contributed by atoms with Crippen LogP contribution in [-0.4, -0.2) is 91.2 Å². The summed E-state index contributed by atoms with van der Waals surface area (Å²) >= 11 is 0. The number of alkyl halides is 17. The number of benzene rings is 1. The lowest BCUT2D eigenvalue weighted by atomic mass is 10.1. The van der Waals surface area contributed by atoms with Gasteiger partial charge in [-0.15, -0.1) is 0 Å². The Labute approximate surface area is 288 Å². The summed E-state index contributed by atoms with van der Waals surface area (Å²) in [6.45, 7) is -3.12. The molecule has 0 amide bonds. The monoisotopic (exact) mass is 808 g/mol. The molecule has 1 heterocycles. The molecule has 304 valence electrons. The molecule has 0 saturated heterocycles. The van der Waals surface area contributed by atoms with E-state index < -0.39 is 74.6 Å². The van der Waals surface area contributed by atoms with E-state index in [1.54, 1.807) is 0 Å². The highest BCUT2D eigenvalue weighted by Gasteiger charge is 2.85. The van der Waals surface area contributed by atoms with Gasteiger partial charge < -0.3 is 14.2 Å². The van der Waals surface area contributed by atoms with E-state index in [0.717, 1.165) is 25.7 Å². The van der Waals surface area contributed by atoms with Crippen molar-refractivity contribution in [1.82, 2.24) is 9.97 Å². The van der Waals surface area contributed by atoms with Crippen LogP contribution in [-0.2, 0) is 14.2 Å². The van der Waals surface area contributed by atoms with Crippen LogP contribution in [0.1, 0.15) is 39.0 Å². The Hall–Kier alpha value is -3.41. The van der Waals surface area contributed by atoms with Crippen LogP contribution in [0.3, 0.4) is 0 Å². The molecule has 53 heavy (non-hydrogen) atoms. The van der Waals surface area contributed by atoms with E-state index in [1.807, 2.05) is 6.92 Å². The molecule has 2 aromatic rings. The third-order valence-corrected chi connectivity index (χ3v) is 6.53. The number of hydrogen-bond acceptors (Lipinski definition) is 7. The van der Waals surface area contributed by atoms with Gasteiger partial charge in [-0.2, -0.15) is 65.9 Å². The van der Waals surface area contributed by atoms with Crippen molar-refractivity contribution in [3.05, 3.63) is 36.7 Å². The Morgan fingerprint density at radius 1 is 0.585 bits per heavy atom. The van der Waals surface area contributed by atoms with Gasteiger partial charge in [-0.1, -0.05) is 32.6 Å². The van der Waals surface area contributed by atoms with Crippen LogP contribution in [0.15, 0.2) is 36.7 Å². The summed E-state index contributed by atoms with van der Waals surface area (Å²) in [5.74, 6) is -15.5. The van der Waals surface area contributed by atoms with Gasteiger partial charge in [0.25, 0.3) is 0 Å². The van der Waals surface area contributed by atoms with Crippen LogP contribution >= 0.6 is 0 Å². The first-order valence-corrected chi connectivity index (χ1v) is 15.0. The number of rotatable bonds is 23. The first-order valence-electron chi connectivity index (χ1n) is 15.0. The highest BCUT2D eigenvalue weighted by molar-refractivity contribution is 5.56. The number of ether oxygens (including phenoxy) is 5. The van der Waals surface area contributed by atoms with Gasteiger partial charge in [0.15, 0.2) is 17.7 Å². The number of unbranched alkanes of at least 4 members (excludes halogenated alkanes) is 3. The fourth-order valence-corrected chi connectivity index (χ4v) is 3.76. The van der Waals surface area contributed by atoms with Crippen LogP contribution in [0.4, 0.5) is 74.6 Å².